The van der Waals surface area contributed by atoms with E-state index in [1.54, 1.807) is 0 Å². The van der Waals surface area contributed by atoms with Crippen LogP contribution < -0.4 is 10.1 Å². The third-order valence-corrected chi connectivity index (χ3v) is 2.86. The zero-order chi connectivity index (χ0) is 10.8. The summed E-state index contributed by atoms with van der Waals surface area (Å²) >= 11 is 0. The van der Waals surface area contributed by atoms with Crippen molar-refractivity contribution in [1.82, 2.24) is 10.3 Å². The molecule has 2 aliphatic rings. The van der Waals surface area contributed by atoms with Gasteiger partial charge in [0.25, 0.3) is 0 Å². The molecule has 1 aliphatic heterocycles. The van der Waals surface area contributed by atoms with Crippen LogP contribution in [0, 0.1) is 0 Å². The molecule has 1 aromatic rings. The van der Waals surface area contributed by atoms with Crippen LogP contribution in [-0.4, -0.2) is 30.3 Å². The Labute approximate surface area is 95.0 Å². The van der Waals surface area contributed by atoms with E-state index >= 15 is 0 Å². The Kier molecular flexibility index (Phi) is 2.76. The van der Waals surface area contributed by atoms with E-state index in [0.29, 0.717) is 19.1 Å². The topological polar surface area (TPSA) is 43.4 Å². The smallest absolute Gasteiger partial charge is 0.213 e. The number of hydrogen-bond donors (Lipinski definition) is 1. The van der Waals surface area contributed by atoms with Crippen LogP contribution in [0.25, 0.3) is 0 Å². The summed E-state index contributed by atoms with van der Waals surface area (Å²) in [5, 5.41) is 3.45. The molecule has 4 heteroatoms. The molecule has 0 spiro atoms. The summed E-state index contributed by atoms with van der Waals surface area (Å²) in [6.07, 6.45) is 4.71. The molecule has 1 saturated heterocycles. The van der Waals surface area contributed by atoms with Gasteiger partial charge >= 0.3 is 0 Å². The first kappa shape index (κ1) is 10.1. The van der Waals surface area contributed by atoms with Crippen molar-refractivity contribution < 1.29 is 9.47 Å². The van der Waals surface area contributed by atoms with Crippen LogP contribution in [0.15, 0.2) is 18.3 Å². The minimum absolute atomic E-state index is 0.197. The van der Waals surface area contributed by atoms with Gasteiger partial charge in [0.2, 0.25) is 5.88 Å². The number of hydrogen-bond acceptors (Lipinski definition) is 4. The second kappa shape index (κ2) is 4.39. The van der Waals surface area contributed by atoms with E-state index in [0.717, 1.165) is 12.6 Å². The van der Waals surface area contributed by atoms with E-state index < -0.39 is 0 Å². The van der Waals surface area contributed by atoms with E-state index in [2.05, 4.69) is 16.4 Å². The third-order valence-electron chi connectivity index (χ3n) is 2.86. The molecule has 2 heterocycles. The Balaban J connectivity index is 1.51. The molecule has 0 bridgehead atoms. The van der Waals surface area contributed by atoms with Gasteiger partial charge in [-0.2, -0.15) is 0 Å². The highest BCUT2D eigenvalue weighted by atomic mass is 16.6. The van der Waals surface area contributed by atoms with Crippen molar-refractivity contribution >= 4 is 0 Å². The quantitative estimate of drug-likeness (QED) is 0.807. The molecular formula is C12H16N2O2. The van der Waals surface area contributed by atoms with E-state index in [4.69, 9.17) is 9.47 Å². The summed E-state index contributed by atoms with van der Waals surface area (Å²) in [6.45, 7) is 2.28. The number of pyridine rings is 1. The monoisotopic (exact) mass is 220 g/mol. The Bertz CT molecular complexity index is 345. The van der Waals surface area contributed by atoms with Gasteiger partial charge in [0, 0.05) is 24.8 Å². The average molecular weight is 220 g/mol. The average Bonchev–Trinajstić information content (AvgIpc) is 3.06. The summed E-state index contributed by atoms with van der Waals surface area (Å²) in [6, 6.07) is 4.74. The summed E-state index contributed by atoms with van der Waals surface area (Å²) in [4.78, 5) is 4.28. The molecule has 1 saturated carbocycles. The minimum Gasteiger partial charge on any atom is -0.469 e. The molecule has 4 nitrogen and oxygen atoms in total. The molecule has 2 fully saturated rings. The molecular weight excluding hydrogens is 204 g/mol. The number of ether oxygens (including phenoxy) is 2. The Hall–Kier alpha value is -1.13. The van der Waals surface area contributed by atoms with E-state index in [-0.39, 0.29) is 6.10 Å². The van der Waals surface area contributed by atoms with E-state index in [9.17, 15) is 0 Å². The normalized spacial score (nSPS) is 20.5. The van der Waals surface area contributed by atoms with Gasteiger partial charge < -0.3 is 14.8 Å². The second-order valence-corrected chi connectivity index (χ2v) is 4.44. The molecule has 0 atom stereocenters. The van der Waals surface area contributed by atoms with Gasteiger partial charge in [-0.05, 0) is 18.4 Å². The molecule has 1 aliphatic carbocycles. The summed E-state index contributed by atoms with van der Waals surface area (Å²) in [7, 11) is 0. The maximum atomic E-state index is 5.59. The summed E-state index contributed by atoms with van der Waals surface area (Å²) in [5.41, 5.74) is 1.21. The zero-order valence-corrected chi connectivity index (χ0v) is 9.19. The maximum absolute atomic E-state index is 5.59. The Morgan fingerprint density at radius 2 is 2.25 bits per heavy atom. The maximum Gasteiger partial charge on any atom is 0.213 e. The van der Waals surface area contributed by atoms with Crippen LogP contribution >= 0.6 is 0 Å². The van der Waals surface area contributed by atoms with Crippen molar-refractivity contribution in [2.24, 2.45) is 0 Å². The summed E-state index contributed by atoms with van der Waals surface area (Å²) in [5.74, 6) is 0.698. The lowest BCUT2D eigenvalue weighted by Gasteiger charge is -2.26. The molecule has 1 aromatic heterocycles. The Morgan fingerprint density at radius 3 is 2.81 bits per heavy atom. The van der Waals surface area contributed by atoms with Gasteiger partial charge in [0.1, 0.15) is 6.10 Å². The number of aromatic nitrogens is 1. The van der Waals surface area contributed by atoms with Crippen molar-refractivity contribution in [2.45, 2.75) is 31.5 Å². The fourth-order valence-electron chi connectivity index (χ4n) is 1.59. The van der Waals surface area contributed by atoms with Crippen LogP contribution in [0.3, 0.4) is 0 Å². The number of nitrogens with zero attached hydrogens (tertiary/aromatic N) is 1. The van der Waals surface area contributed by atoms with E-state index in [1.807, 2.05) is 12.3 Å². The van der Waals surface area contributed by atoms with Crippen molar-refractivity contribution in [3.63, 3.8) is 0 Å². The van der Waals surface area contributed by atoms with E-state index in [1.165, 1.54) is 18.4 Å². The highest BCUT2D eigenvalue weighted by Crippen LogP contribution is 2.19. The SMILES string of the molecule is c1cc(OC2COC2)ncc1CNC1CC1. The molecule has 16 heavy (non-hydrogen) atoms. The second-order valence-electron chi connectivity index (χ2n) is 4.44. The van der Waals surface area contributed by atoms with Crippen molar-refractivity contribution in [3.8, 4) is 5.88 Å². The predicted octanol–water partition coefficient (Wildman–Crippen LogP) is 1.11. The molecule has 0 amide bonds. The van der Waals surface area contributed by atoms with Crippen LogP contribution in [0.2, 0.25) is 0 Å². The lowest BCUT2D eigenvalue weighted by Crippen LogP contribution is -2.38. The van der Waals surface area contributed by atoms with Crippen molar-refractivity contribution in [3.05, 3.63) is 23.9 Å². The van der Waals surface area contributed by atoms with Gasteiger partial charge in [-0.15, -0.1) is 0 Å². The first-order valence-electron chi connectivity index (χ1n) is 5.83. The fraction of sp³-hybridized carbons (Fsp3) is 0.583. The lowest BCUT2D eigenvalue weighted by molar-refractivity contribution is -0.0813. The lowest BCUT2D eigenvalue weighted by atomic mass is 10.3. The first-order valence-corrected chi connectivity index (χ1v) is 5.83. The minimum atomic E-state index is 0.197. The molecule has 0 aromatic carbocycles. The molecule has 3 rings (SSSR count). The zero-order valence-electron chi connectivity index (χ0n) is 9.19. The van der Waals surface area contributed by atoms with Crippen LogP contribution in [-0.2, 0) is 11.3 Å². The Morgan fingerprint density at radius 1 is 1.38 bits per heavy atom. The third kappa shape index (κ3) is 2.51. The fourth-order valence-corrected chi connectivity index (χ4v) is 1.59. The van der Waals surface area contributed by atoms with Gasteiger partial charge in [0.15, 0.2) is 0 Å². The van der Waals surface area contributed by atoms with Crippen LogP contribution in [0.1, 0.15) is 18.4 Å². The standard InChI is InChI=1S/C12H16N2O2/c1-4-12(16-11-7-15-8-11)14-6-9(1)5-13-10-2-3-10/h1,4,6,10-11,13H,2-3,5,7-8H2. The van der Waals surface area contributed by atoms with Gasteiger partial charge in [-0.3, -0.25) is 0 Å². The van der Waals surface area contributed by atoms with Crippen LogP contribution in [0.4, 0.5) is 0 Å². The highest BCUT2D eigenvalue weighted by molar-refractivity contribution is 5.18. The molecule has 1 N–H and O–H groups in total. The van der Waals surface area contributed by atoms with Crippen molar-refractivity contribution in [2.75, 3.05) is 13.2 Å². The van der Waals surface area contributed by atoms with Crippen molar-refractivity contribution in [1.29, 1.82) is 0 Å². The molecule has 0 unspecified atom stereocenters. The summed E-state index contributed by atoms with van der Waals surface area (Å²) < 4.78 is 10.6. The van der Waals surface area contributed by atoms with Gasteiger partial charge in [-0.1, -0.05) is 6.07 Å². The first-order chi connectivity index (χ1) is 7.90. The molecule has 86 valence electrons. The van der Waals surface area contributed by atoms with Gasteiger partial charge in [-0.25, -0.2) is 4.98 Å². The number of nitrogens with one attached hydrogen (secondary N) is 1. The number of rotatable bonds is 5. The largest absolute Gasteiger partial charge is 0.469 e. The van der Waals surface area contributed by atoms with Gasteiger partial charge in [0.05, 0.1) is 13.2 Å². The predicted molar refractivity (Wildman–Crippen MR) is 59.3 cm³/mol. The highest BCUT2D eigenvalue weighted by Gasteiger charge is 2.21. The molecule has 0 radical (unpaired) electrons. The van der Waals surface area contributed by atoms with Crippen LogP contribution in [0.5, 0.6) is 5.88 Å².